The van der Waals surface area contributed by atoms with Crippen LogP contribution >= 0.6 is 0 Å². The molecule has 2 aromatic carbocycles. The van der Waals surface area contributed by atoms with E-state index in [1.807, 2.05) is 36.8 Å². The van der Waals surface area contributed by atoms with Gasteiger partial charge in [0.05, 0.1) is 0 Å². The minimum atomic E-state index is -4.26. The van der Waals surface area contributed by atoms with Crippen molar-refractivity contribution in [3.63, 3.8) is 0 Å². The van der Waals surface area contributed by atoms with E-state index < -0.39 is 45.3 Å². The number of hydrogen-bond donors (Lipinski definition) is 2. The fraction of sp³-hybridized carbons (Fsp3) is 0.263. The topological polar surface area (TPSA) is 102 Å². The predicted molar refractivity (Wildman–Crippen MR) is 102 cm³/mol. The van der Waals surface area contributed by atoms with Crippen molar-refractivity contribution in [3.8, 4) is 0 Å². The lowest BCUT2D eigenvalue weighted by Crippen LogP contribution is -2.40. The standard InChI is InChI=1S/C19H21FN2O5S/c1-12-7-6-8-13(2)18(12)21-17(23)11-27-19(24)14(3)22-28(25,26)16-10-5-4-9-15(16)20/h4-10,14,22H,11H2,1-3H3,(H,21,23)/t14-/m0/s1. The molecule has 0 aliphatic rings. The van der Waals surface area contributed by atoms with Gasteiger partial charge < -0.3 is 10.1 Å². The summed E-state index contributed by atoms with van der Waals surface area (Å²) in [5, 5.41) is 2.65. The van der Waals surface area contributed by atoms with Gasteiger partial charge in [-0.1, -0.05) is 30.3 Å². The molecule has 150 valence electrons. The molecular formula is C19H21FN2O5S. The Morgan fingerprint density at radius 3 is 2.29 bits per heavy atom. The van der Waals surface area contributed by atoms with Gasteiger partial charge in [-0.05, 0) is 44.0 Å². The summed E-state index contributed by atoms with van der Waals surface area (Å²) in [4.78, 5) is 23.4. The first-order valence-corrected chi connectivity index (χ1v) is 9.89. The number of nitrogens with one attached hydrogen (secondary N) is 2. The number of hydrogen-bond acceptors (Lipinski definition) is 5. The summed E-state index contributed by atoms with van der Waals surface area (Å²) >= 11 is 0. The number of esters is 1. The van der Waals surface area contributed by atoms with Crippen molar-refractivity contribution < 1.29 is 27.1 Å². The van der Waals surface area contributed by atoms with Crippen molar-refractivity contribution in [3.05, 3.63) is 59.4 Å². The van der Waals surface area contributed by atoms with E-state index in [1.54, 1.807) is 0 Å². The number of benzene rings is 2. The molecule has 0 saturated heterocycles. The van der Waals surface area contributed by atoms with Crippen molar-refractivity contribution in [2.75, 3.05) is 11.9 Å². The van der Waals surface area contributed by atoms with Gasteiger partial charge in [0.25, 0.3) is 5.91 Å². The van der Waals surface area contributed by atoms with Gasteiger partial charge in [0.15, 0.2) is 6.61 Å². The number of anilines is 1. The summed E-state index contributed by atoms with van der Waals surface area (Å²) in [6, 6.07) is 8.98. The van der Waals surface area contributed by atoms with Gasteiger partial charge in [0.2, 0.25) is 10.0 Å². The average Bonchev–Trinajstić information content (AvgIpc) is 2.62. The summed E-state index contributed by atoms with van der Waals surface area (Å²) < 4.78 is 44.9. The van der Waals surface area contributed by atoms with Gasteiger partial charge in [-0.3, -0.25) is 9.59 Å². The van der Waals surface area contributed by atoms with Gasteiger partial charge in [0, 0.05) is 5.69 Å². The summed E-state index contributed by atoms with van der Waals surface area (Å²) in [6.45, 7) is 4.31. The Labute approximate surface area is 163 Å². The van der Waals surface area contributed by atoms with E-state index in [2.05, 4.69) is 5.32 Å². The van der Waals surface area contributed by atoms with Crippen LogP contribution in [0.3, 0.4) is 0 Å². The maximum Gasteiger partial charge on any atom is 0.324 e. The molecule has 0 bridgehead atoms. The van der Waals surface area contributed by atoms with Gasteiger partial charge in [-0.2, -0.15) is 4.72 Å². The first kappa shape index (κ1) is 21.5. The Bertz CT molecular complexity index is 971. The molecule has 2 aromatic rings. The molecule has 0 spiro atoms. The molecule has 1 amide bonds. The van der Waals surface area contributed by atoms with Gasteiger partial charge >= 0.3 is 5.97 Å². The quantitative estimate of drug-likeness (QED) is 0.685. The number of carbonyl (C=O) groups excluding carboxylic acids is 2. The van der Waals surface area contributed by atoms with Crippen LogP contribution in [0.1, 0.15) is 18.1 Å². The molecular weight excluding hydrogens is 387 g/mol. The predicted octanol–water partition coefficient (Wildman–Crippen LogP) is 2.29. The highest BCUT2D eigenvalue weighted by atomic mass is 32.2. The molecule has 9 heteroatoms. The fourth-order valence-corrected chi connectivity index (χ4v) is 3.73. The van der Waals surface area contributed by atoms with Crippen molar-refractivity contribution in [1.82, 2.24) is 4.72 Å². The molecule has 0 saturated carbocycles. The molecule has 7 nitrogen and oxygen atoms in total. The zero-order valence-electron chi connectivity index (χ0n) is 15.7. The Morgan fingerprint density at radius 2 is 1.68 bits per heavy atom. The van der Waals surface area contributed by atoms with Gasteiger partial charge in [-0.25, -0.2) is 12.8 Å². The molecule has 0 radical (unpaired) electrons. The lowest BCUT2D eigenvalue weighted by atomic mass is 10.1. The van der Waals surface area contributed by atoms with E-state index in [4.69, 9.17) is 4.74 Å². The SMILES string of the molecule is Cc1cccc(C)c1NC(=O)COC(=O)[C@H](C)NS(=O)(=O)c1ccccc1F. The molecule has 0 aromatic heterocycles. The zero-order chi connectivity index (χ0) is 20.9. The van der Waals surface area contributed by atoms with Crippen LogP contribution in [0.25, 0.3) is 0 Å². The molecule has 1 atom stereocenters. The van der Waals surface area contributed by atoms with E-state index in [9.17, 15) is 22.4 Å². The van der Waals surface area contributed by atoms with Crippen LogP contribution < -0.4 is 10.0 Å². The second kappa shape index (κ2) is 8.94. The van der Waals surface area contributed by atoms with E-state index in [0.717, 1.165) is 23.3 Å². The molecule has 0 heterocycles. The molecule has 2 rings (SSSR count). The van der Waals surface area contributed by atoms with Crippen LogP contribution in [0.2, 0.25) is 0 Å². The van der Waals surface area contributed by atoms with Crippen molar-refractivity contribution >= 4 is 27.6 Å². The number of halogens is 1. The highest BCUT2D eigenvalue weighted by Gasteiger charge is 2.25. The molecule has 2 N–H and O–H groups in total. The number of amides is 1. The summed E-state index contributed by atoms with van der Waals surface area (Å²) in [7, 11) is -4.26. The van der Waals surface area contributed by atoms with Crippen molar-refractivity contribution in [2.45, 2.75) is 31.7 Å². The van der Waals surface area contributed by atoms with Crippen LogP contribution in [0.15, 0.2) is 47.4 Å². The monoisotopic (exact) mass is 408 g/mol. The second-order valence-corrected chi connectivity index (χ2v) is 7.88. The number of para-hydroxylation sites is 1. The number of ether oxygens (including phenoxy) is 1. The van der Waals surface area contributed by atoms with E-state index >= 15 is 0 Å². The molecule has 0 unspecified atom stereocenters. The lowest BCUT2D eigenvalue weighted by Gasteiger charge is -2.15. The third kappa shape index (κ3) is 5.37. The summed E-state index contributed by atoms with van der Waals surface area (Å²) in [5.41, 5.74) is 2.33. The Kier molecular flexibility index (Phi) is 6.87. The van der Waals surface area contributed by atoms with Crippen LogP contribution in [-0.4, -0.2) is 32.9 Å². The minimum Gasteiger partial charge on any atom is -0.454 e. The van der Waals surface area contributed by atoms with Crippen LogP contribution in [0.5, 0.6) is 0 Å². The van der Waals surface area contributed by atoms with Gasteiger partial charge in [-0.15, -0.1) is 0 Å². The number of carbonyl (C=O) groups is 2. The highest BCUT2D eigenvalue weighted by molar-refractivity contribution is 7.89. The maximum atomic E-state index is 13.7. The average molecular weight is 408 g/mol. The fourth-order valence-electron chi connectivity index (χ4n) is 2.46. The third-order valence-electron chi connectivity index (χ3n) is 3.90. The second-order valence-electron chi connectivity index (χ2n) is 6.20. The Morgan fingerprint density at radius 1 is 1.07 bits per heavy atom. The molecule has 0 aliphatic heterocycles. The normalized spacial score (nSPS) is 12.3. The largest absolute Gasteiger partial charge is 0.454 e. The van der Waals surface area contributed by atoms with E-state index in [1.165, 1.54) is 19.1 Å². The van der Waals surface area contributed by atoms with E-state index in [0.29, 0.717) is 5.69 Å². The van der Waals surface area contributed by atoms with Crippen LogP contribution in [0, 0.1) is 19.7 Å². The minimum absolute atomic E-state index is 0.560. The number of sulfonamides is 1. The number of aryl methyl sites for hydroxylation is 2. The van der Waals surface area contributed by atoms with Crippen molar-refractivity contribution in [2.24, 2.45) is 0 Å². The first-order valence-electron chi connectivity index (χ1n) is 8.41. The van der Waals surface area contributed by atoms with E-state index in [-0.39, 0.29) is 0 Å². The smallest absolute Gasteiger partial charge is 0.324 e. The number of rotatable bonds is 7. The van der Waals surface area contributed by atoms with Crippen LogP contribution in [-0.2, 0) is 24.3 Å². The van der Waals surface area contributed by atoms with Crippen molar-refractivity contribution in [1.29, 1.82) is 0 Å². The van der Waals surface area contributed by atoms with Gasteiger partial charge in [0.1, 0.15) is 16.8 Å². The summed E-state index contributed by atoms with van der Waals surface area (Å²) in [6.07, 6.45) is 0. The Balaban J connectivity index is 1.94. The first-order chi connectivity index (χ1) is 13.1. The highest BCUT2D eigenvalue weighted by Crippen LogP contribution is 2.19. The maximum absolute atomic E-state index is 13.7. The van der Waals surface area contributed by atoms with Crippen LogP contribution in [0.4, 0.5) is 10.1 Å². The zero-order valence-corrected chi connectivity index (χ0v) is 16.5. The lowest BCUT2D eigenvalue weighted by molar-refractivity contribution is -0.148. The third-order valence-corrected chi connectivity index (χ3v) is 5.48. The Hall–Kier alpha value is -2.78. The molecule has 0 fully saturated rings. The molecule has 28 heavy (non-hydrogen) atoms. The molecule has 0 aliphatic carbocycles. The summed E-state index contributed by atoms with van der Waals surface area (Å²) in [5.74, 6) is -2.46.